The molecule has 2 aliphatic rings. The van der Waals surface area contributed by atoms with Crippen LogP contribution in [-0.2, 0) is 16.1 Å². The number of rotatable bonds is 6. The zero-order chi connectivity index (χ0) is 20.5. The average molecular weight is 414 g/mol. The van der Waals surface area contributed by atoms with Crippen LogP contribution in [0.1, 0.15) is 44.0 Å². The van der Waals surface area contributed by atoms with Crippen molar-refractivity contribution in [3.63, 3.8) is 0 Å². The molecule has 4 rings (SSSR count). The molecule has 2 amide bonds. The topological polar surface area (TPSA) is 45.6 Å². The number of amides is 2. The van der Waals surface area contributed by atoms with Crippen LogP contribution in [0.15, 0.2) is 42.6 Å². The van der Waals surface area contributed by atoms with E-state index in [-0.39, 0.29) is 30.3 Å². The van der Waals surface area contributed by atoms with Crippen molar-refractivity contribution in [1.29, 1.82) is 0 Å². The summed E-state index contributed by atoms with van der Waals surface area (Å²) in [7, 11) is 0. The van der Waals surface area contributed by atoms with Crippen molar-refractivity contribution in [1.82, 2.24) is 14.4 Å². The molecule has 2 aromatic rings. The maximum Gasteiger partial charge on any atom is 0.243 e. The molecule has 1 aliphatic carbocycles. The van der Waals surface area contributed by atoms with Crippen molar-refractivity contribution >= 4 is 23.4 Å². The summed E-state index contributed by atoms with van der Waals surface area (Å²) >= 11 is 6.09. The minimum absolute atomic E-state index is 0.00653. The van der Waals surface area contributed by atoms with Crippen LogP contribution in [-0.4, -0.2) is 45.8 Å². The molecule has 1 atom stereocenters. The number of aromatic nitrogens is 1. The standard InChI is InChI=1S/C23H28ClN3O2/c1-16(2)14-26(23(29)18-5-6-18)15-21(28)27-13-12-25-11-3-4-20(25)22(27)17-7-9-19(24)10-8-17/h3-4,7-11,16,18,22H,5-6,12-15H2,1-2H3. The first-order chi connectivity index (χ1) is 13.9. The monoisotopic (exact) mass is 413 g/mol. The molecule has 1 unspecified atom stereocenters. The predicted octanol–water partition coefficient (Wildman–Crippen LogP) is 3.97. The molecular formula is C23H28ClN3O2. The van der Waals surface area contributed by atoms with Crippen LogP contribution in [0.2, 0.25) is 5.02 Å². The van der Waals surface area contributed by atoms with E-state index in [2.05, 4.69) is 30.7 Å². The number of fused-ring (bicyclic) bond motifs is 1. The normalized spacial score (nSPS) is 18.6. The molecule has 0 saturated heterocycles. The van der Waals surface area contributed by atoms with Gasteiger partial charge in [-0.2, -0.15) is 0 Å². The Bertz CT molecular complexity index is 886. The Morgan fingerprint density at radius 1 is 1.14 bits per heavy atom. The molecule has 154 valence electrons. The quantitative estimate of drug-likeness (QED) is 0.719. The number of hydrogen-bond acceptors (Lipinski definition) is 2. The second-order valence-electron chi connectivity index (χ2n) is 8.55. The number of carbonyl (C=O) groups is 2. The molecule has 5 nitrogen and oxygen atoms in total. The minimum atomic E-state index is -0.166. The van der Waals surface area contributed by atoms with Gasteiger partial charge in [-0.15, -0.1) is 0 Å². The Labute approximate surface area is 177 Å². The molecule has 0 bridgehead atoms. The molecule has 1 aromatic carbocycles. The lowest BCUT2D eigenvalue weighted by Crippen LogP contribution is -2.48. The van der Waals surface area contributed by atoms with Gasteiger partial charge in [-0.3, -0.25) is 9.59 Å². The fourth-order valence-electron chi connectivity index (χ4n) is 4.16. The summed E-state index contributed by atoms with van der Waals surface area (Å²) in [6.07, 6.45) is 3.96. The molecule has 1 fully saturated rings. The van der Waals surface area contributed by atoms with Crippen molar-refractivity contribution in [2.45, 2.75) is 39.3 Å². The summed E-state index contributed by atoms with van der Waals surface area (Å²) in [6.45, 7) is 6.33. The second kappa shape index (κ2) is 8.23. The minimum Gasteiger partial charge on any atom is -0.348 e. The van der Waals surface area contributed by atoms with E-state index in [1.54, 1.807) is 4.90 Å². The highest BCUT2D eigenvalue weighted by atomic mass is 35.5. The summed E-state index contributed by atoms with van der Waals surface area (Å²) in [5.74, 6) is 0.589. The van der Waals surface area contributed by atoms with Crippen LogP contribution in [0.3, 0.4) is 0 Å². The fraction of sp³-hybridized carbons (Fsp3) is 0.478. The second-order valence-corrected chi connectivity index (χ2v) is 8.99. The third-order valence-corrected chi connectivity index (χ3v) is 5.95. The molecule has 2 heterocycles. The molecule has 29 heavy (non-hydrogen) atoms. The van der Waals surface area contributed by atoms with E-state index in [4.69, 9.17) is 11.6 Å². The van der Waals surface area contributed by atoms with E-state index in [1.165, 1.54) is 0 Å². The highest BCUT2D eigenvalue weighted by Gasteiger charge is 2.37. The highest BCUT2D eigenvalue weighted by molar-refractivity contribution is 6.30. The van der Waals surface area contributed by atoms with Crippen LogP contribution in [0, 0.1) is 11.8 Å². The van der Waals surface area contributed by atoms with Crippen LogP contribution < -0.4 is 0 Å². The maximum absolute atomic E-state index is 13.4. The third kappa shape index (κ3) is 4.35. The van der Waals surface area contributed by atoms with E-state index in [0.717, 1.165) is 30.6 Å². The van der Waals surface area contributed by atoms with Gasteiger partial charge in [0.05, 0.1) is 12.6 Å². The molecule has 0 N–H and O–H groups in total. The molecule has 0 radical (unpaired) electrons. The van der Waals surface area contributed by atoms with Gasteiger partial charge in [-0.05, 0) is 48.6 Å². The molecule has 1 aliphatic heterocycles. The first kappa shape index (κ1) is 20.0. The van der Waals surface area contributed by atoms with Crippen LogP contribution in [0.5, 0.6) is 0 Å². The number of carbonyl (C=O) groups excluding carboxylic acids is 2. The number of nitrogens with zero attached hydrogens (tertiary/aromatic N) is 3. The van der Waals surface area contributed by atoms with Gasteiger partial charge in [0, 0.05) is 42.5 Å². The lowest BCUT2D eigenvalue weighted by Gasteiger charge is -2.38. The zero-order valence-electron chi connectivity index (χ0n) is 17.1. The number of benzene rings is 1. The van der Waals surface area contributed by atoms with Gasteiger partial charge in [0.15, 0.2) is 0 Å². The van der Waals surface area contributed by atoms with Crippen LogP contribution in [0.25, 0.3) is 0 Å². The largest absolute Gasteiger partial charge is 0.348 e. The SMILES string of the molecule is CC(C)CN(CC(=O)N1CCn2cccc2C1c1ccc(Cl)cc1)C(=O)C1CC1. The first-order valence-corrected chi connectivity index (χ1v) is 10.8. The van der Waals surface area contributed by atoms with E-state index in [0.29, 0.717) is 24.0 Å². The van der Waals surface area contributed by atoms with Gasteiger partial charge in [-0.25, -0.2) is 0 Å². The van der Waals surface area contributed by atoms with E-state index in [1.807, 2.05) is 35.2 Å². The Hall–Kier alpha value is -2.27. The fourth-order valence-corrected chi connectivity index (χ4v) is 4.29. The van der Waals surface area contributed by atoms with E-state index in [9.17, 15) is 9.59 Å². The molecule has 0 spiro atoms. The maximum atomic E-state index is 13.4. The summed E-state index contributed by atoms with van der Waals surface area (Å²) < 4.78 is 2.20. The van der Waals surface area contributed by atoms with Gasteiger partial charge in [-0.1, -0.05) is 37.6 Å². The smallest absolute Gasteiger partial charge is 0.243 e. The van der Waals surface area contributed by atoms with Crippen LogP contribution >= 0.6 is 11.6 Å². The molecule has 1 aromatic heterocycles. The van der Waals surface area contributed by atoms with Crippen molar-refractivity contribution in [3.05, 3.63) is 58.9 Å². The number of hydrogen-bond donors (Lipinski definition) is 0. The zero-order valence-corrected chi connectivity index (χ0v) is 17.8. The molecule has 1 saturated carbocycles. The lowest BCUT2D eigenvalue weighted by molar-refractivity contribution is -0.143. The summed E-state index contributed by atoms with van der Waals surface area (Å²) in [5, 5.41) is 0.677. The van der Waals surface area contributed by atoms with E-state index >= 15 is 0 Å². The molecule has 6 heteroatoms. The first-order valence-electron chi connectivity index (χ1n) is 10.4. The lowest BCUT2D eigenvalue weighted by atomic mass is 9.99. The van der Waals surface area contributed by atoms with E-state index < -0.39 is 0 Å². The summed E-state index contributed by atoms with van der Waals surface area (Å²) in [4.78, 5) is 29.9. The van der Waals surface area contributed by atoms with Crippen molar-refractivity contribution in [2.75, 3.05) is 19.6 Å². The van der Waals surface area contributed by atoms with Crippen molar-refractivity contribution in [3.8, 4) is 0 Å². The average Bonchev–Trinajstić information content (AvgIpc) is 3.43. The summed E-state index contributed by atoms with van der Waals surface area (Å²) in [6, 6.07) is 11.6. The van der Waals surface area contributed by atoms with Gasteiger partial charge in [0.1, 0.15) is 0 Å². The van der Waals surface area contributed by atoms with Crippen molar-refractivity contribution < 1.29 is 9.59 Å². The van der Waals surface area contributed by atoms with Gasteiger partial charge in [0.2, 0.25) is 11.8 Å². The Morgan fingerprint density at radius 2 is 1.86 bits per heavy atom. The van der Waals surface area contributed by atoms with Gasteiger partial charge >= 0.3 is 0 Å². The van der Waals surface area contributed by atoms with Crippen LogP contribution in [0.4, 0.5) is 0 Å². The Morgan fingerprint density at radius 3 is 2.52 bits per heavy atom. The predicted molar refractivity (Wildman–Crippen MR) is 114 cm³/mol. The highest BCUT2D eigenvalue weighted by Crippen LogP contribution is 2.34. The third-order valence-electron chi connectivity index (χ3n) is 5.69. The Balaban J connectivity index is 1.60. The number of halogens is 1. The van der Waals surface area contributed by atoms with Crippen molar-refractivity contribution in [2.24, 2.45) is 11.8 Å². The Kier molecular flexibility index (Phi) is 5.68. The molecular weight excluding hydrogens is 386 g/mol. The summed E-state index contributed by atoms with van der Waals surface area (Å²) in [5.41, 5.74) is 2.13. The van der Waals surface area contributed by atoms with Gasteiger partial charge in [0.25, 0.3) is 0 Å². The van der Waals surface area contributed by atoms with Gasteiger partial charge < -0.3 is 14.4 Å².